The highest BCUT2D eigenvalue weighted by Crippen LogP contribution is 2.45. The van der Waals surface area contributed by atoms with Crippen molar-refractivity contribution in [1.29, 1.82) is 0 Å². The summed E-state index contributed by atoms with van der Waals surface area (Å²) in [7, 11) is 0. The zero-order valence-corrected chi connectivity index (χ0v) is 29.1. The van der Waals surface area contributed by atoms with Crippen LogP contribution in [0.2, 0.25) is 0 Å². The monoisotopic (exact) mass is 692 g/mol. The molecule has 0 saturated carbocycles. The molecule has 0 unspecified atom stereocenters. The fourth-order valence-corrected chi connectivity index (χ4v) is 8.18. The topological polar surface area (TPSA) is 54.8 Å². The molecular formula is C49H32N4O. The molecular weight excluding hydrogens is 661 g/mol. The van der Waals surface area contributed by atoms with Crippen molar-refractivity contribution in [2.45, 2.75) is 6.29 Å². The molecule has 8 aromatic carbocycles. The number of hydrogen-bond donors (Lipinski definition) is 1. The van der Waals surface area contributed by atoms with E-state index in [2.05, 4.69) is 143 Å². The Kier molecular flexibility index (Phi) is 6.85. The van der Waals surface area contributed by atoms with Gasteiger partial charge in [0.1, 0.15) is 22.8 Å². The van der Waals surface area contributed by atoms with Gasteiger partial charge in [-0.2, -0.15) is 0 Å². The number of benzene rings is 8. The van der Waals surface area contributed by atoms with Gasteiger partial charge in [-0.05, 0) is 45.7 Å². The summed E-state index contributed by atoms with van der Waals surface area (Å²) in [5, 5.41) is 10.5. The summed E-state index contributed by atoms with van der Waals surface area (Å²) in [6.45, 7) is 0. The molecule has 0 atom stereocenters. The molecule has 0 aliphatic carbocycles. The number of fused-ring (bicyclic) bond motifs is 8. The predicted octanol–water partition coefficient (Wildman–Crippen LogP) is 12.1. The van der Waals surface area contributed by atoms with Crippen molar-refractivity contribution in [1.82, 2.24) is 9.88 Å². The molecule has 1 aliphatic rings. The van der Waals surface area contributed by atoms with E-state index in [4.69, 9.17) is 14.4 Å². The Morgan fingerprint density at radius 1 is 0.426 bits per heavy atom. The van der Waals surface area contributed by atoms with Crippen molar-refractivity contribution < 1.29 is 4.42 Å². The molecule has 54 heavy (non-hydrogen) atoms. The molecule has 11 rings (SSSR count). The maximum absolute atomic E-state index is 6.64. The van der Waals surface area contributed by atoms with E-state index >= 15 is 0 Å². The lowest BCUT2D eigenvalue weighted by Gasteiger charge is -2.24. The molecule has 1 N–H and O–H groups in total. The van der Waals surface area contributed by atoms with Crippen molar-refractivity contribution in [3.05, 3.63) is 193 Å². The lowest BCUT2D eigenvalue weighted by atomic mass is 9.93. The van der Waals surface area contributed by atoms with Gasteiger partial charge in [0, 0.05) is 38.2 Å². The summed E-state index contributed by atoms with van der Waals surface area (Å²) in [4.78, 5) is 10.8. The second-order valence-electron chi connectivity index (χ2n) is 13.8. The quantitative estimate of drug-likeness (QED) is 0.195. The minimum Gasteiger partial charge on any atom is -0.455 e. The Morgan fingerprint density at radius 2 is 1.02 bits per heavy atom. The largest absolute Gasteiger partial charge is 0.455 e. The first-order chi connectivity index (χ1) is 26.8. The third-order valence-corrected chi connectivity index (χ3v) is 10.7. The minimum absolute atomic E-state index is 0.598. The van der Waals surface area contributed by atoms with Gasteiger partial charge in [-0.3, -0.25) is 4.57 Å². The van der Waals surface area contributed by atoms with E-state index in [0.717, 1.165) is 88.8 Å². The molecule has 0 amide bonds. The molecule has 3 heterocycles. The number of aromatic nitrogens is 1. The smallest absolute Gasteiger partial charge is 0.224 e. The van der Waals surface area contributed by atoms with Crippen LogP contribution in [0.4, 0.5) is 0 Å². The lowest BCUT2D eigenvalue weighted by Crippen LogP contribution is -2.36. The normalized spacial score (nSPS) is 13.5. The predicted molar refractivity (Wildman–Crippen MR) is 223 cm³/mol. The van der Waals surface area contributed by atoms with E-state index in [1.165, 1.54) is 10.8 Å². The SMILES string of the molecule is c1ccc(C2=NC(n3c4cc(-c5ccccc5)ccc4c4c5ccccc5c(-c5cccc6c5oc5ccccc56)cc43)N=C(c3ccccc3)N2)cc1. The molecule has 0 radical (unpaired) electrons. The Morgan fingerprint density at radius 3 is 1.72 bits per heavy atom. The van der Waals surface area contributed by atoms with Gasteiger partial charge in [-0.15, -0.1) is 0 Å². The van der Waals surface area contributed by atoms with Crippen molar-refractivity contribution in [2.75, 3.05) is 0 Å². The van der Waals surface area contributed by atoms with Crippen LogP contribution in [0.3, 0.4) is 0 Å². The molecule has 0 saturated heterocycles. The summed E-state index contributed by atoms with van der Waals surface area (Å²) in [6, 6.07) is 63.8. The third kappa shape index (κ3) is 4.79. The van der Waals surface area contributed by atoms with Crippen molar-refractivity contribution in [2.24, 2.45) is 9.98 Å². The van der Waals surface area contributed by atoms with Crippen LogP contribution < -0.4 is 5.32 Å². The number of hydrogen-bond acceptors (Lipinski definition) is 4. The van der Waals surface area contributed by atoms with Crippen LogP contribution in [-0.4, -0.2) is 16.2 Å². The van der Waals surface area contributed by atoms with Crippen LogP contribution >= 0.6 is 0 Å². The molecule has 5 heteroatoms. The van der Waals surface area contributed by atoms with Gasteiger partial charge >= 0.3 is 0 Å². The van der Waals surface area contributed by atoms with E-state index in [9.17, 15) is 0 Å². The van der Waals surface area contributed by atoms with Gasteiger partial charge in [-0.1, -0.05) is 164 Å². The highest BCUT2D eigenvalue weighted by atomic mass is 16.3. The van der Waals surface area contributed by atoms with Crippen molar-refractivity contribution in [3.8, 4) is 22.3 Å². The molecule has 5 nitrogen and oxygen atoms in total. The van der Waals surface area contributed by atoms with Crippen molar-refractivity contribution in [3.63, 3.8) is 0 Å². The first-order valence-corrected chi connectivity index (χ1v) is 18.3. The van der Waals surface area contributed by atoms with Crippen LogP contribution in [0.1, 0.15) is 17.4 Å². The maximum Gasteiger partial charge on any atom is 0.224 e. The Labute approximate surface area is 311 Å². The highest BCUT2D eigenvalue weighted by Gasteiger charge is 2.26. The van der Waals surface area contributed by atoms with Gasteiger partial charge in [-0.25, -0.2) is 9.98 Å². The zero-order valence-electron chi connectivity index (χ0n) is 29.1. The second kappa shape index (κ2) is 12.2. The molecule has 0 fully saturated rings. The van der Waals surface area contributed by atoms with Gasteiger partial charge < -0.3 is 9.73 Å². The number of amidine groups is 2. The summed E-state index contributed by atoms with van der Waals surface area (Å²) < 4.78 is 8.97. The van der Waals surface area contributed by atoms with Crippen LogP contribution in [0.5, 0.6) is 0 Å². The number of furan rings is 1. The molecule has 0 spiro atoms. The molecule has 0 bridgehead atoms. The molecule has 254 valence electrons. The Bertz CT molecular complexity index is 3070. The average Bonchev–Trinajstić information content (AvgIpc) is 3.80. The van der Waals surface area contributed by atoms with Crippen molar-refractivity contribution >= 4 is 66.2 Å². The Hall–Kier alpha value is -7.24. The fraction of sp³-hybridized carbons (Fsp3) is 0.0204. The molecule has 2 aromatic heterocycles. The van der Waals surface area contributed by atoms with Crippen LogP contribution in [0, 0.1) is 0 Å². The van der Waals surface area contributed by atoms with Gasteiger partial charge in [0.2, 0.25) is 6.29 Å². The fourth-order valence-electron chi connectivity index (χ4n) is 8.18. The highest BCUT2D eigenvalue weighted by molar-refractivity contribution is 6.25. The number of aliphatic imine (C=N–C) groups is 2. The number of nitrogens with zero attached hydrogens (tertiary/aromatic N) is 3. The first kappa shape index (κ1) is 30.4. The molecule has 1 aliphatic heterocycles. The average molecular weight is 693 g/mol. The molecule has 10 aromatic rings. The zero-order chi connectivity index (χ0) is 35.6. The Balaban J connectivity index is 1.26. The maximum atomic E-state index is 6.64. The van der Waals surface area contributed by atoms with Gasteiger partial charge in [0.05, 0.1) is 11.0 Å². The van der Waals surface area contributed by atoms with E-state index in [0.29, 0.717) is 0 Å². The lowest BCUT2D eigenvalue weighted by molar-refractivity contribution is 0.575. The van der Waals surface area contributed by atoms with Gasteiger partial charge in [0.15, 0.2) is 0 Å². The summed E-state index contributed by atoms with van der Waals surface area (Å²) >= 11 is 0. The summed E-state index contributed by atoms with van der Waals surface area (Å²) in [5.74, 6) is 1.55. The third-order valence-electron chi connectivity index (χ3n) is 10.7. The standard InChI is InChI=1S/C49H32N4O/c1-4-15-31(16-5-1)34-27-28-40-42(29-34)53(49-51-47(32-17-6-2-7-18-32)50-48(52-49)33-19-8-3-9-20-33)43-30-41(35-21-10-11-23-37(35)45(40)43)39-25-14-24-38-36-22-12-13-26-44(36)54-46(38)39/h1-30,49H,(H,50,51,52). The number of rotatable bonds is 5. The van der Waals surface area contributed by atoms with Crippen LogP contribution in [0.15, 0.2) is 196 Å². The number of para-hydroxylation sites is 2. The van der Waals surface area contributed by atoms with Crippen LogP contribution in [0.25, 0.3) is 76.8 Å². The van der Waals surface area contributed by atoms with E-state index in [1.807, 2.05) is 48.5 Å². The van der Waals surface area contributed by atoms with E-state index in [1.54, 1.807) is 0 Å². The minimum atomic E-state index is -0.598. The van der Waals surface area contributed by atoms with E-state index < -0.39 is 6.29 Å². The second-order valence-corrected chi connectivity index (χ2v) is 13.8. The van der Waals surface area contributed by atoms with E-state index in [-0.39, 0.29) is 0 Å². The number of nitrogens with one attached hydrogen (secondary N) is 1. The summed E-state index contributed by atoms with van der Waals surface area (Å²) in [6.07, 6.45) is -0.598. The van der Waals surface area contributed by atoms with Gasteiger partial charge in [0.25, 0.3) is 0 Å². The summed E-state index contributed by atoms with van der Waals surface area (Å²) in [5.41, 5.74) is 10.3. The first-order valence-electron chi connectivity index (χ1n) is 18.3. The van der Waals surface area contributed by atoms with Crippen LogP contribution in [-0.2, 0) is 0 Å².